The second-order valence-corrected chi connectivity index (χ2v) is 3.40. The molecule has 0 atom stereocenters. The van der Waals surface area contributed by atoms with E-state index in [2.05, 4.69) is 0 Å². The molecule has 1 aromatic rings. The van der Waals surface area contributed by atoms with Gasteiger partial charge in [-0.15, -0.1) is 0 Å². The topological polar surface area (TPSA) is 63.3 Å². The van der Waals surface area contributed by atoms with Gasteiger partial charge in [-0.25, -0.2) is 0 Å². The summed E-state index contributed by atoms with van der Waals surface area (Å²) in [5.74, 6) is -0.713. The zero-order valence-corrected chi connectivity index (χ0v) is 8.51. The summed E-state index contributed by atoms with van der Waals surface area (Å²) in [6.07, 6.45) is 2.44. The first kappa shape index (κ1) is 10.9. The van der Waals surface area contributed by atoms with Gasteiger partial charge < -0.3 is 10.8 Å². The molecule has 14 heavy (non-hydrogen) atoms. The highest BCUT2D eigenvalue weighted by Gasteiger charge is 2.05. The third-order valence-corrected chi connectivity index (χ3v) is 2.02. The number of carbonyl (C=O) groups is 1. The lowest BCUT2D eigenvalue weighted by Gasteiger charge is -2.02. The molecule has 0 saturated carbocycles. The fourth-order valence-corrected chi connectivity index (χ4v) is 1.45. The summed E-state index contributed by atoms with van der Waals surface area (Å²) < 4.78 is 0. The molecule has 0 heterocycles. The molecule has 5 heteroatoms. The van der Waals surface area contributed by atoms with Crippen LogP contribution in [-0.2, 0) is 4.79 Å². The predicted molar refractivity (Wildman–Crippen MR) is 56.4 cm³/mol. The van der Waals surface area contributed by atoms with Crippen LogP contribution >= 0.6 is 23.2 Å². The van der Waals surface area contributed by atoms with Crippen LogP contribution < -0.4 is 5.73 Å². The lowest BCUT2D eigenvalue weighted by atomic mass is 10.2. The van der Waals surface area contributed by atoms with Gasteiger partial charge in [0.15, 0.2) is 0 Å². The number of nitrogens with two attached hydrogens (primary N) is 1. The molecule has 0 fully saturated rings. The number of amides is 1. The summed E-state index contributed by atoms with van der Waals surface area (Å²) in [4.78, 5) is 10.4. The molecule has 0 aromatic heterocycles. The number of phenolic OH excluding ortho intramolecular Hbond substituents is 1. The van der Waals surface area contributed by atoms with Gasteiger partial charge in [0.05, 0.1) is 5.02 Å². The van der Waals surface area contributed by atoms with Crippen LogP contribution in [0, 0.1) is 0 Å². The van der Waals surface area contributed by atoms with Gasteiger partial charge in [-0.3, -0.25) is 4.79 Å². The van der Waals surface area contributed by atoms with Crippen molar-refractivity contribution in [3.8, 4) is 5.75 Å². The summed E-state index contributed by atoms with van der Waals surface area (Å²) in [6, 6.07) is 2.79. The van der Waals surface area contributed by atoms with E-state index in [4.69, 9.17) is 28.9 Å². The molecule has 0 unspecified atom stereocenters. The monoisotopic (exact) mass is 231 g/mol. The molecule has 1 rings (SSSR count). The highest BCUT2D eigenvalue weighted by Crippen LogP contribution is 2.30. The number of rotatable bonds is 2. The van der Waals surface area contributed by atoms with E-state index in [1.807, 2.05) is 0 Å². The van der Waals surface area contributed by atoms with Crippen molar-refractivity contribution < 1.29 is 9.90 Å². The number of primary amides is 1. The van der Waals surface area contributed by atoms with Crippen LogP contribution in [0.25, 0.3) is 6.08 Å². The van der Waals surface area contributed by atoms with Crippen molar-refractivity contribution in [2.45, 2.75) is 0 Å². The van der Waals surface area contributed by atoms with Crippen molar-refractivity contribution in [2.75, 3.05) is 0 Å². The van der Waals surface area contributed by atoms with Gasteiger partial charge in [0, 0.05) is 16.7 Å². The van der Waals surface area contributed by atoms with Crippen molar-refractivity contribution >= 4 is 35.2 Å². The molecule has 0 aliphatic heterocycles. The van der Waals surface area contributed by atoms with E-state index >= 15 is 0 Å². The van der Waals surface area contributed by atoms with Crippen LogP contribution in [0.5, 0.6) is 5.75 Å². The minimum Gasteiger partial charge on any atom is -0.507 e. The molecular formula is C9H7Cl2NO2. The molecule has 74 valence electrons. The van der Waals surface area contributed by atoms with Crippen LogP contribution in [0.1, 0.15) is 5.56 Å². The average Bonchev–Trinajstić information content (AvgIpc) is 2.01. The van der Waals surface area contributed by atoms with E-state index in [0.717, 1.165) is 6.08 Å². The summed E-state index contributed by atoms with van der Waals surface area (Å²) in [5, 5.41) is 9.99. The SMILES string of the molecule is NC(=O)/C=C/c1c(O)cc(Cl)cc1Cl. The van der Waals surface area contributed by atoms with E-state index in [9.17, 15) is 9.90 Å². The molecule has 1 aromatic carbocycles. The van der Waals surface area contributed by atoms with E-state index in [0.29, 0.717) is 10.6 Å². The number of phenols is 1. The predicted octanol–water partition coefficient (Wildman–Crippen LogP) is 2.20. The van der Waals surface area contributed by atoms with Gasteiger partial charge >= 0.3 is 0 Å². The maximum atomic E-state index is 10.4. The Morgan fingerprint density at radius 2 is 2.07 bits per heavy atom. The summed E-state index contributed by atoms with van der Waals surface area (Å²) in [7, 11) is 0. The molecule has 0 spiro atoms. The lowest BCUT2D eigenvalue weighted by Crippen LogP contribution is -2.05. The van der Waals surface area contributed by atoms with Crippen LogP contribution in [0.2, 0.25) is 10.0 Å². The van der Waals surface area contributed by atoms with Gasteiger partial charge in [-0.2, -0.15) is 0 Å². The zero-order valence-electron chi connectivity index (χ0n) is 7.00. The Bertz CT molecular complexity index is 379. The number of carbonyl (C=O) groups excluding carboxylic acids is 1. The molecule has 0 saturated heterocycles. The normalized spacial score (nSPS) is 10.7. The Labute approximate surface area is 90.7 Å². The summed E-state index contributed by atoms with van der Waals surface area (Å²) in [5.41, 5.74) is 5.21. The van der Waals surface area contributed by atoms with Crippen molar-refractivity contribution in [1.29, 1.82) is 0 Å². The second kappa shape index (κ2) is 4.35. The Kier molecular flexibility index (Phi) is 3.38. The zero-order chi connectivity index (χ0) is 10.7. The van der Waals surface area contributed by atoms with Crippen molar-refractivity contribution in [3.63, 3.8) is 0 Å². The first-order valence-corrected chi connectivity index (χ1v) is 4.42. The largest absolute Gasteiger partial charge is 0.507 e. The van der Waals surface area contributed by atoms with Crippen molar-refractivity contribution in [2.24, 2.45) is 5.73 Å². The molecule has 3 N–H and O–H groups in total. The van der Waals surface area contributed by atoms with E-state index in [-0.39, 0.29) is 10.8 Å². The highest BCUT2D eigenvalue weighted by atomic mass is 35.5. The maximum absolute atomic E-state index is 10.4. The fourth-order valence-electron chi connectivity index (χ4n) is 0.902. The average molecular weight is 232 g/mol. The lowest BCUT2D eigenvalue weighted by molar-refractivity contribution is -0.113. The second-order valence-electron chi connectivity index (χ2n) is 2.56. The third-order valence-electron chi connectivity index (χ3n) is 1.49. The van der Waals surface area contributed by atoms with Gasteiger partial charge in [-0.1, -0.05) is 23.2 Å². The Hall–Kier alpha value is -1.19. The quantitative estimate of drug-likeness (QED) is 0.767. The van der Waals surface area contributed by atoms with Gasteiger partial charge in [0.25, 0.3) is 0 Å². The standard InChI is InChI=1S/C9H7Cl2NO2/c10-5-3-7(11)6(8(13)4-5)1-2-9(12)14/h1-4,13H,(H2,12,14)/b2-1+. The maximum Gasteiger partial charge on any atom is 0.241 e. The molecule has 0 aliphatic rings. The number of benzene rings is 1. The molecule has 0 bridgehead atoms. The smallest absolute Gasteiger partial charge is 0.241 e. The molecule has 1 amide bonds. The van der Waals surface area contributed by atoms with Crippen LogP contribution in [-0.4, -0.2) is 11.0 Å². The Balaban J connectivity index is 3.15. The summed E-state index contributed by atoms with van der Waals surface area (Å²) >= 11 is 11.4. The first-order valence-electron chi connectivity index (χ1n) is 3.66. The Morgan fingerprint density at radius 3 is 2.57 bits per heavy atom. The van der Waals surface area contributed by atoms with Crippen molar-refractivity contribution in [3.05, 3.63) is 33.8 Å². The first-order chi connectivity index (χ1) is 6.50. The number of halogens is 2. The van der Waals surface area contributed by atoms with E-state index in [1.165, 1.54) is 18.2 Å². The number of hydrogen-bond acceptors (Lipinski definition) is 2. The molecular weight excluding hydrogens is 225 g/mol. The minimum atomic E-state index is -0.615. The Morgan fingerprint density at radius 1 is 1.43 bits per heavy atom. The van der Waals surface area contributed by atoms with E-state index < -0.39 is 5.91 Å². The molecule has 0 aliphatic carbocycles. The number of hydrogen-bond donors (Lipinski definition) is 2. The van der Waals surface area contributed by atoms with Crippen LogP contribution in [0.3, 0.4) is 0 Å². The van der Waals surface area contributed by atoms with Crippen LogP contribution in [0.4, 0.5) is 0 Å². The van der Waals surface area contributed by atoms with Crippen molar-refractivity contribution in [1.82, 2.24) is 0 Å². The highest BCUT2D eigenvalue weighted by molar-refractivity contribution is 6.36. The van der Waals surface area contributed by atoms with Gasteiger partial charge in [-0.05, 0) is 18.2 Å². The fraction of sp³-hybridized carbons (Fsp3) is 0. The van der Waals surface area contributed by atoms with Gasteiger partial charge in [0.1, 0.15) is 5.75 Å². The van der Waals surface area contributed by atoms with Crippen LogP contribution in [0.15, 0.2) is 18.2 Å². The summed E-state index contributed by atoms with van der Waals surface area (Å²) in [6.45, 7) is 0. The minimum absolute atomic E-state index is 0.0972. The van der Waals surface area contributed by atoms with Gasteiger partial charge in [0.2, 0.25) is 5.91 Å². The molecule has 0 radical (unpaired) electrons. The number of aromatic hydroxyl groups is 1. The molecule has 3 nitrogen and oxygen atoms in total. The van der Waals surface area contributed by atoms with E-state index in [1.54, 1.807) is 0 Å². The third kappa shape index (κ3) is 2.65.